The van der Waals surface area contributed by atoms with Crippen LogP contribution in [0.4, 0.5) is 0 Å². The van der Waals surface area contributed by atoms with Gasteiger partial charge in [0.15, 0.2) is 0 Å². The van der Waals surface area contributed by atoms with E-state index < -0.39 is 5.60 Å². The highest BCUT2D eigenvalue weighted by Crippen LogP contribution is 2.35. The summed E-state index contributed by atoms with van der Waals surface area (Å²) in [6.45, 7) is 5.73. The van der Waals surface area contributed by atoms with Gasteiger partial charge in [-0.3, -0.25) is 4.79 Å². The topological polar surface area (TPSA) is 42.1 Å². The van der Waals surface area contributed by atoms with Crippen LogP contribution in [0.25, 0.3) is 10.9 Å². The number of esters is 1. The minimum Gasteiger partial charge on any atom is -0.460 e. The van der Waals surface area contributed by atoms with Gasteiger partial charge in [-0.1, -0.05) is 15.9 Å². The number of aromatic amines is 1. The Labute approximate surface area is 133 Å². The van der Waals surface area contributed by atoms with Gasteiger partial charge in [0.2, 0.25) is 0 Å². The lowest BCUT2D eigenvalue weighted by molar-refractivity contribution is -0.155. The molecule has 112 valence electrons. The van der Waals surface area contributed by atoms with Crippen LogP contribution < -0.4 is 0 Å². The Morgan fingerprint density at radius 2 is 2.14 bits per heavy atom. The van der Waals surface area contributed by atoms with Crippen LogP contribution in [-0.2, 0) is 22.4 Å². The van der Waals surface area contributed by atoms with E-state index in [0.29, 0.717) is 12.3 Å². The summed E-state index contributed by atoms with van der Waals surface area (Å²) in [5.74, 6) is 0.257. The number of ether oxygens (including phenoxy) is 1. The summed E-state index contributed by atoms with van der Waals surface area (Å²) in [4.78, 5) is 15.4. The highest BCUT2D eigenvalue weighted by atomic mass is 79.9. The van der Waals surface area contributed by atoms with Crippen molar-refractivity contribution >= 4 is 32.8 Å². The molecule has 0 bridgehead atoms. The van der Waals surface area contributed by atoms with Crippen molar-refractivity contribution in [1.82, 2.24) is 4.98 Å². The minimum atomic E-state index is -0.401. The quantitative estimate of drug-likeness (QED) is 0.817. The monoisotopic (exact) mass is 349 g/mol. The molecule has 0 fully saturated rings. The number of aromatic nitrogens is 1. The van der Waals surface area contributed by atoms with Gasteiger partial charge in [0.05, 0.1) is 0 Å². The van der Waals surface area contributed by atoms with E-state index in [2.05, 4.69) is 33.0 Å². The molecule has 1 aromatic heterocycles. The molecule has 0 aliphatic heterocycles. The molecule has 0 radical (unpaired) electrons. The highest BCUT2D eigenvalue weighted by Gasteiger charge is 2.28. The normalized spacial score (nSPS) is 18.0. The number of halogens is 1. The number of rotatable bonds is 2. The number of hydrogen-bond donors (Lipinski definition) is 1. The average Bonchev–Trinajstić information content (AvgIpc) is 2.84. The maximum absolute atomic E-state index is 12.0. The molecule has 1 N–H and O–H groups in total. The van der Waals surface area contributed by atoms with E-state index in [0.717, 1.165) is 17.3 Å². The zero-order valence-corrected chi connectivity index (χ0v) is 14.2. The van der Waals surface area contributed by atoms with E-state index >= 15 is 0 Å². The van der Waals surface area contributed by atoms with Crippen LogP contribution in [0.2, 0.25) is 0 Å². The van der Waals surface area contributed by atoms with E-state index in [1.165, 1.54) is 22.2 Å². The molecule has 1 heterocycles. The fourth-order valence-electron chi connectivity index (χ4n) is 3.10. The second-order valence-corrected chi connectivity index (χ2v) is 7.75. The van der Waals surface area contributed by atoms with Crippen LogP contribution in [-0.4, -0.2) is 16.6 Å². The van der Waals surface area contributed by atoms with Crippen molar-refractivity contribution < 1.29 is 9.53 Å². The van der Waals surface area contributed by atoms with E-state index in [9.17, 15) is 4.79 Å². The smallest absolute Gasteiger partial charge is 0.306 e. The van der Waals surface area contributed by atoms with Gasteiger partial charge in [-0.2, -0.15) is 0 Å². The second-order valence-electron chi connectivity index (χ2n) is 6.84. The molecule has 0 unspecified atom stereocenters. The summed E-state index contributed by atoms with van der Waals surface area (Å²) in [5, 5.41) is 1.27. The second kappa shape index (κ2) is 5.16. The van der Waals surface area contributed by atoms with Crippen LogP contribution in [0.1, 0.15) is 38.4 Å². The predicted octanol–water partition coefficient (Wildman–Crippen LogP) is 4.38. The third-order valence-corrected chi connectivity index (χ3v) is 4.31. The number of hydrogen-bond acceptors (Lipinski definition) is 2. The summed E-state index contributed by atoms with van der Waals surface area (Å²) >= 11 is 3.53. The SMILES string of the molecule is CC(C)(C)OC(=O)C[C@@H]1Cc2[nH]c3ccc(Br)cc3c2C1. The van der Waals surface area contributed by atoms with Crippen molar-refractivity contribution in [1.29, 1.82) is 0 Å². The van der Waals surface area contributed by atoms with Gasteiger partial charge in [-0.05, 0) is 63.3 Å². The average molecular weight is 350 g/mol. The van der Waals surface area contributed by atoms with Crippen molar-refractivity contribution in [3.63, 3.8) is 0 Å². The van der Waals surface area contributed by atoms with Crippen LogP contribution >= 0.6 is 15.9 Å². The molecule has 1 atom stereocenters. The van der Waals surface area contributed by atoms with Gasteiger partial charge in [0.1, 0.15) is 5.60 Å². The molecule has 1 aliphatic rings. The lowest BCUT2D eigenvalue weighted by Crippen LogP contribution is -2.25. The van der Waals surface area contributed by atoms with Crippen LogP contribution in [0.15, 0.2) is 22.7 Å². The first-order chi connectivity index (χ1) is 9.82. The van der Waals surface area contributed by atoms with Crippen molar-refractivity contribution in [3.05, 3.63) is 33.9 Å². The first-order valence-electron chi connectivity index (χ1n) is 7.32. The molecule has 3 nitrogen and oxygen atoms in total. The van der Waals surface area contributed by atoms with Crippen molar-refractivity contribution in [2.24, 2.45) is 5.92 Å². The number of benzene rings is 1. The summed E-state index contributed by atoms with van der Waals surface area (Å²) in [6.07, 6.45) is 2.38. The summed E-state index contributed by atoms with van der Waals surface area (Å²) < 4.78 is 6.52. The number of fused-ring (bicyclic) bond motifs is 3. The molecular formula is C17H20BrNO2. The van der Waals surface area contributed by atoms with Gasteiger partial charge in [0, 0.05) is 27.5 Å². The summed E-state index contributed by atoms with van der Waals surface area (Å²) in [5.41, 5.74) is 3.41. The molecule has 0 saturated carbocycles. The van der Waals surface area contributed by atoms with E-state index in [4.69, 9.17) is 4.74 Å². The molecule has 21 heavy (non-hydrogen) atoms. The largest absolute Gasteiger partial charge is 0.460 e. The van der Waals surface area contributed by atoms with Gasteiger partial charge in [-0.15, -0.1) is 0 Å². The van der Waals surface area contributed by atoms with Crippen LogP contribution in [0.5, 0.6) is 0 Å². The number of carbonyl (C=O) groups is 1. The molecule has 0 saturated heterocycles. The number of carbonyl (C=O) groups excluding carboxylic acids is 1. The van der Waals surface area contributed by atoms with E-state index in [1.807, 2.05) is 26.8 Å². The number of H-pyrrole nitrogens is 1. The first-order valence-corrected chi connectivity index (χ1v) is 8.12. The Balaban J connectivity index is 1.73. The van der Waals surface area contributed by atoms with E-state index in [-0.39, 0.29) is 5.97 Å². The molecular weight excluding hydrogens is 330 g/mol. The molecule has 2 aromatic rings. The zero-order valence-electron chi connectivity index (χ0n) is 12.6. The van der Waals surface area contributed by atoms with Crippen molar-refractivity contribution in [2.75, 3.05) is 0 Å². The lowest BCUT2D eigenvalue weighted by atomic mass is 10.0. The van der Waals surface area contributed by atoms with Crippen LogP contribution in [0.3, 0.4) is 0 Å². The Bertz CT molecular complexity index is 697. The van der Waals surface area contributed by atoms with Crippen molar-refractivity contribution in [2.45, 2.75) is 45.6 Å². The Morgan fingerprint density at radius 1 is 1.38 bits per heavy atom. The highest BCUT2D eigenvalue weighted by molar-refractivity contribution is 9.10. The molecule has 1 aromatic carbocycles. The minimum absolute atomic E-state index is 0.0943. The summed E-state index contributed by atoms with van der Waals surface area (Å²) in [7, 11) is 0. The first kappa shape index (κ1) is 14.6. The Morgan fingerprint density at radius 3 is 2.86 bits per heavy atom. The predicted molar refractivity (Wildman–Crippen MR) is 87.4 cm³/mol. The maximum atomic E-state index is 12.0. The standard InChI is InChI=1S/C17H20BrNO2/c1-17(2,3)21-16(20)8-10-6-12-13-9-11(18)4-5-14(13)19-15(12)7-10/h4-5,9-10,19H,6-8H2,1-3H3/t10-/m0/s1. The van der Waals surface area contributed by atoms with Gasteiger partial charge in [-0.25, -0.2) is 0 Å². The third-order valence-electron chi connectivity index (χ3n) is 3.82. The number of nitrogens with one attached hydrogen (secondary N) is 1. The molecule has 4 heteroatoms. The zero-order chi connectivity index (χ0) is 15.2. The third kappa shape index (κ3) is 3.15. The lowest BCUT2D eigenvalue weighted by Gasteiger charge is -2.20. The fraction of sp³-hybridized carbons (Fsp3) is 0.471. The Kier molecular flexibility index (Phi) is 3.60. The molecule has 3 rings (SSSR count). The van der Waals surface area contributed by atoms with Crippen molar-refractivity contribution in [3.8, 4) is 0 Å². The molecule has 0 amide bonds. The Hall–Kier alpha value is -1.29. The maximum Gasteiger partial charge on any atom is 0.306 e. The van der Waals surface area contributed by atoms with Gasteiger partial charge < -0.3 is 9.72 Å². The summed E-state index contributed by atoms with van der Waals surface area (Å²) in [6, 6.07) is 6.30. The van der Waals surface area contributed by atoms with Gasteiger partial charge in [0.25, 0.3) is 0 Å². The fourth-order valence-corrected chi connectivity index (χ4v) is 3.46. The van der Waals surface area contributed by atoms with Crippen LogP contribution in [0, 0.1) is 5.92 Å². The van der Waals surface area contributed by atoms with Gasteiger partial charge >= 0.3 is 5.97 Å². The molecule has 0 spiro atoms. The van der Waals surface area contributed by atoms with E-state index in [1.54, 1.807) is 0 Å². The molecule has 1 aliphatic carbocycles.